The van der Waals surface area contributed by atoms with Gasteiger partial charge in [0.2, 0.25) is 0 Å². The van der Waals surface area contributed by atoms with E-state index in [1.54, 1.807) is 18.3 Å². The number of ether oxygens (including phenoxy) is 1. The Morgan fingerprint density at radius 1 is 1.40 bits per heavy atom. The molecule has 1 heterocycles. The summed E-state index contributed by atoms with van der Waals surface area (Å²) < 4.78 is 21.1. The summed E-state index contributed by atoms with van der Waals surface area (Å²) >= 11 is 0. The summed E-state index contributed by atoms with van der Waals surface area (Å²) in [6.45, 7) is 5.56. The van der Waals surface area contributed by atoms with Gasteiger partial charge in [0.05, 0.1) is 19.3 Å². The molecule has 108 valence electrons. The molecule has 0 radical (unpaired) electrons. The third-order valence-corrected chi connectivity index (χ3v) is 3.24. The number of nitrogens with one attached hydrogen (secondary N) is 1. The van der Waals surface area contributed by atoms with Crippen molar-refractivity contribution >= 4 is 0 Å². The summed E-state index contributed by atoms with van der Waals surface area (Å²) in [7, 11) is 1.53. The molecular formula is C15H20FN3O. The van der Waals surface area contributed by atoms with E-state index in [0.29, 0.717) is 11.3 Å². The lowest BCUT2D eigenvalue weighted by Crippen LogP contribution is -2.22. The summed E-state index contributed by atoms with van der Waals surface area (Å²) in [5.41, 5.74) is 1.56. The van der Waals surface area contributed by atoms with Crippen LogP contribution in [-0.2, 0) is 6.54 Å². The lowest BCUT2D eigenvalue weighted by Gasteiger charge is -2.18. The third kappa shape index (κ3) is 2.99. The average molecular weight is 277 g/mol. The van der Waals surface area contributed by atoms with Crippen molar-refractivity contribution in [1.29, 1.82) is 0 Å². The van der Waals surface area contributed by atoms with Crippen LogP contribution in [0.25, 0.3) is 0 Å². The van der Waals surface area contributed by atoms with Crippen molar-refractivity contribution in [2.75, 3.05) is 13.7 Å². The number of benzene rings is 1. The minimum absolute atomic E-state index is 0.203. The van der Waals surface area contributed by atoms with Crippen LogP contribution < -0.4 is 10.1 Å². The number of hydrogen-bond donors (Lipinski definition) is 1. The SMILES string of the molecule is CCNC(c1cnn(CC)c1)c1ccc(OC)cc1F. The molecule has 1 aromatic carbocycles. The van der Waals surface area contributed by atoms with E-state index in [-0.39, 0.29) is 11.9 Å². The fraction of sp³-hybridized carbons (Fsp3) is 0.400. The first-order valence-corrected chi connectivity index (χ1v) is 6.78. The highest BCUT2D eigenvalue weighted by Gasteiger charge is 2.19. The molecule has 0 saturated carbocycles. The van der Waals surface area contributed by atoms with Gasteiger partial charge in [-0.2, -0.15) is 5.10 Å². The van der Waals surface area contributed by atoms with Crippen molar-refractivity contribution in [3.05, 3.63) is 47.5 Å². The molecule has 1 N–H and O–H groups in total. The zero-order valence-electron chi connectivity index (χ0n) is 12.1. The highest BCUT2D eigenvalue weighted by atomic mass is 19.1. The molecule has 2 rings (SSSR count). The Kier molecular flexibility index (Phi) is 4.74. The van der Waals surface area contributed by atoms with Crippen LogP contribution in [0.2, 0.25) is 0 Å². The minimum Gasteiger partial charge on any atom is -0.497 e. The Bertz CT molecular complexity index is 568. The maximum absolute atomic E-state index is 14.2. The van der Waals surface area contributed by atoms with Crippen molar-refractivity contribution in [1.82, 2.24) is 15.1 Å². The molecule has 1 unspecified atom stereocenters. The fourth-order valence-corrected chi connectivity index (χ4v) is 2.18. The maximum atomic E-state index is 14.2. The Hall–Kier alpha value is -1.88. The van der Waals surface area contributed by atoms with Crippen LogP contribution >= 0.6 is 0 Å². The summed E-state index contributed by atoms with van der Waals surface area (Å²) in [4.78, 5) is 0. The summed E-state index contributed by atoms with van der Waals surface area (Å²) in [6, 6.07) is 4.73. The van der Waals surface area contributed by atoms with E-state index in [1.807, 2.05) is 24.7 Å². The predicted molar refractivity (Wildman–Crippen MR) is 76.4 cm³/mol. The average Bonchev–Trinajstić information content (AvgIpc) is 2.94. The molecule has 0 aliphatic carbocycles. The van der Waals surface area contributed by atoms with E-state index in [9.17, 15) is 4.39 Å². The quantitative estimate of drug-likeness (QED) is 0.882. The molecule has 20 heavy (non-hydrogen) atoms. The molecule has 0 amide bonds. The predicted octanol–water partition coefficient (Wildman–Crippen LogP) is 2.75. The molecule has 2 aromatic rings. The fourth-order valence-electron chi connectivity index (χ4n) is 2.18. The van der Waals surface area contributed by atoms with E-state index < -0.39 is 0 Å². The molecule has 0 bridgehead atoms. The van der Waals surface area contributed by atoms with Gasteiger partial charge in [-0.05, 0) is 19.5 Å². The monoisotopic (exact) mass is 277 g/mol. The molecular weight excluding hydrogens is 257 g/mol. The van der Waals surface area contributed by atoms with Crippen LogP contribution in [0.4, 0.5) is 4.39 Å². The largest absolute Gasteiger partial charge is 0.497 e. The zero-order chi connectivity index (χ0) is 14.5. The summed E-state index contributed by atoms with van der Waals surface area (Å²) in [6.07, 6.45) is 3.72. The molecule has 4 nitrogen and oxygen atoms in total. The van der Waals surface area contributed by atoms with Crippen LogP contribution in [0, 0.1) is 5.82 Å². The second kappa shape index (κ2) is 6.52. The Morgan fingerprint density at radius 2 is 2.20 bits per heavy atom. The first kappa shape index (κ1) is 14.5. The molecule has 0 aliphatic rings. The highest BCUT2D eigenvalue weighted by Crippen LogP contribution is 2.26. The Balaban J connectivity index is 2.37. The number of hydrogen-bond acceptors (Lipinski definition) is 3. The van der Waals surface area contributed by atoms with Crippen LogP contribution in [-0.4, -0.2) is 23.4 Å². The van der Waals surface area contributed by atoms with Crippen molar-refractivity contribution in [2.45, 2.75) is 26.4 Å². The van der Waals surface area contributed by atoms with E-state index >= 15 is 0 Å². The van der Waals surface area contributed by atoms with Crippen LogP contribution in [0.5, 0.6) is 5.75 Å². The number of aromatic nitrogens is 2. The van der Waals surface area contributed by atoms with Crippen LogP contribution in [0.3, 0.4) is 0 Å². The van der Waals surface area contributed by atoms with Crippen LogP contribution in [0.15, 0.2) is 30.6 Å². The Labute approximate surface area is 118 Å². The number of methoxy groups -OCH3 is 1. The van der Waals surface area contributed by atoms with Gasteiger partial charge < -0.3 is 10.1 Å². The van der Waals surface area contributed by atoms with Crippen molar-refractivity contribution in [3.63, 3.8) is 0 Å². The van der Waals surface area contributed by atoms with E-state index in [4.69, 9.17) is 4.74 Å². The summed E-state index contributed by atoms with van der Waals surface area (Å²) in [5.74, 6) is 0.241. The number of halogens is 1. The van der Waals surface area contributed by atoms with Gasteiger partial charge in [0.1, 0.15) is 11.6 Å². The molecule has 5 heteroatoms. The third-order valence-electron chi connectivity index (χ3n) is 3.24. The standard InChI is InChI=1S/C15H20FN3O/c1-4-17-15(11-9-18-19(5-2)10-11)13-7-6-12(20-3)8-14(13)16/h6-10,15,17H,4-5H2,1-3H3. The lowest BCUT2D eigenvalue weighted by molar-refractivity contribution is 0.410. The van der Waals surface area contributed by atoms with Gasteiger partial charge >= 0.3 is 0 Å². The topological polar surface area (TPSA) is 39.1 Å². The smallest absolute Gasteiger partial charge is 0.132 e. The highest BCUT2D eigenvalue weighted by molar-refractivity contribution is 5.35. The zero-order valence-corrected chi connectivity index (χ0v) is 12.1. The summed E-state index contributed by atoms with van der Waals surface area (Å²) in [5, 5.41) is 7.55. The molecule has 1 aromatic heterocycles. The van der Waals surface area contributed by atoms with Crippen molar-refractivity contribution in [3.8, 4) is 5.75 Å². The van der Waals surface area contributed by atoms with Gasteiger partial charge in [-0.1, -0.05) is 13.0 Å². The van der Waals surface area contributed by atoms with E-state index in [1.165, 1.54) is 13.2 Å². The van der Waals surface area contributed by atoms with Gasteiger partial charge in [0, 0.05) is 29.9 Å². The molecule has 1 atom stereocenters. The van der Waals surface area contributed by atoms with Gasteiger partial charge in [0.15, 0.2) is 0 Å². The molecule has 0 spiro atoms. The normalized spacial score (nSPS) is 12.4. The van der Waals surface area contributed by atoms with Crippen LogP contribution in [0.1, 0.15) is 31.0 Å². The Morgan fingerprint density at radius 3 is 2.75 bits per heavy atom. The molecule has 0 fully saturated rings. The van der Waals surface area contributed by atoms with Crippen molar-refractivity contribution in [2.24, 2.45) is 0 Å². The van der Waals surface area contributed by atoms with Gasteiger partial charge in [-0.25, -0.2) is 4.39 Å². The maximum Gasteiger partial charge on any atom is 0.132 e. The number of aryl methyl sites for hydroxylation is 1. The van der Waals surface area contributed by atoms with Gasteiger partial charge in [-0.3, -0.25) is 4.68 Å². The van der Waals surface area contributed by atoms with Gasteiger partial charge in [0.25, 0.3) is 0 Å². The van der Waals surface area contributed by atoms with E-state index in [0.717, 1.165) is 18.7 Å². The number of rotatable bonds is 6. The second-order valence-corrected chi connectivity index (χ2v) is 4.51. The van der Waals surface area contributed by atoms with Crippen molar-refractivity contribution < 1.29 is 9.13 Å². The van der Waals surface area contributed by atoms with E-state index in [2.05, 4.69) is 10.4 Å². The number of nitrogens with zero attached hydrogens (tertiary/aromatic N) is 2. The molecule has 0 saturated heterocycles. The van der Waals surface area contributed by atoms with Gasteiger partial charge in [-0.15, -0.1) is 0 Å². The lowest BCUT2D eigenvalue weighted by atomic mass is 10.0. The minimum atomic E-state index is -0.278. The first-order valence-electron chi connectivity index (χ1n) is 6.78. The first-order chi connectivity index (χ1) is 9.69. The second-order valence-electron chi connectivity index (χ2n) is 4.51. The molecule has 0 aliphatic heterocycles.